The molecule has 26 heavy (non-hydrogen) atoms. The Morgan fingerprint density at radius 2 is 1.85 bits per heavy atom. The third kappa shape index (κ3) is 3.54. The second-order valence-corrected chi connectivity index (χ2v) is 6.97. The molecule has 1 N–H and O–H groups in total. The fourth-order valence-corrected chi connectivity index (χ4v) is 3.61. The summed E-state index contributed by atoms with van der Waals surface area (Å²) in [6, 6.07) is 15.5. The van der Waals surface area contributed by atoms with E-state index in [9.17, 15) is 4.79 Å². The molecule has 1 saturated heterocycles. The highest BCUT2D eigenvalue weighted by Crippen LogP contribution is 2.20. The number of hydrogen-bond donors (Lipinski definition) is 1. The Morgan fingerprint density at radius 3 is 2.58 bits per heavy atom. The first-order valence-corrected chi connectivity index (χ1v) is 9.24. The van der Waals surface area contributed by atoms with Crippen LogP contribution in [0, 0.1) is 10.7 Å². The maximum atomic E-state index is 12.4. The number of hydrogen-bond acceptors (Lipinski definition) is 4. The summed E-state index contributed by atoms with van der Waals surface area (Å²) in [5.41, 5.74) is 1.71. The Kier molecular flexibility index (Phi) is 4.81. The van der Waals surface area contributed by atoms with Crippen LogP contribution in [0.3, 0.4) is 0 Å². The normalized spacial score (nSPS) is 16.0. The Bertz CT molecular complexity index is 957. The molecule has 1 aromatic carbocycles. The van der Waals surface area contributed by atoms with E-state index in [1.807, 2.05) is 63.8 Å². The lowest BCUT2D eigenvalue weighted by molar-refractivity contribution is -0.121. The molecule has 134 valence electrons. The molecule has 2 aromatic heterocycles. The summed E-state index contributed by atoms with van der Waals surface area (Å²) in [5.74, 6) is 0.167. The fourth-order valence-electron chi connectivity index (χ4n) is 3.35. The smallest absolute Gasteiger partial charge is 0.227 e. The number of aromatic nitrogens is 3. The third-order valence-corrected chi connectivity index (χ3v) is 5.23. The van der Waals surface area contributed by atoms with Crippen molar-refractivity contribution >= 4 is 29.5 Å². The molecule has 0 aliphatic carbocycles. The first-order valence-electron chi connectivity index (χ1n) is 8.83. The van der Waals surface area contributed by atoms with Crippen LogP contribution in [-0.4, -0.2) is 38.1 Å². The lowest BCUT2D eigenvalue weighted by atomic mass is 9.96. The molecule has 0 radical (unpaired) electrons. The van der Waals surface area contributed by atoms with E-state index in [1.165, 1.54) is 0 Å². The van der Waals surface area contributed by atoms with Crippen LogP contribution in [0.2, 0.25) is 0 Å². The minimum Gasteiger partial charge on any atom is -0.326 e. The minimum atomic E-state index is 0.0560. The van der Waals surface area contributed by atoms with Crippen molar-refractivity contribution in [2.24, 2.45) is 5.92 Å². The van der Waals surface area contributed by atoms with Crippen LogP contribution in [0.5, 0.6) is 0 Å². The summed E-state index contributed by atoms with van der Waals surface area (Å²) in [5, 5.41) is 7.58. The number of fused-ring (bicyclic) bond motifs is 1. The van der Waals surface area contributed by atoms with E-state index in [2.05, 4.69) is 15.3 Å². The largest absolute Gasteiger partial charge is 0.326 e. The summed E-state index contributed by atoms with van der Waals surface area (Å²) < 4.78 is 4.47. The van der Waals surface area contributed by atoms with Crippen LogP contribution in [0.15, 0.2) is 54.7 Å². The molecular weight excluding hydrogens is 346 g/mol. The van der Waals surface area contributed by atoms with Crippen molar-refractivity contribution < 1.29 is 4.79 Å². The van der Waals surface area contributed by atoms with E-state index >= 15 is 0 Å². The monoisotopic (exact) mass is 367 g/mol. The van der Waals surface area contributed by atoms with Gasteiger partial charge in [0, 0.05) is 30.9 Å². The molecule has 1 amide bonds. The van der Waals surface area contributed by atoms with Gasteiger partial charge in [-0.2, -0.15) is 5.10 Å². The first-order chi connectivity index (χ1) is 12.7. The van der Waals surface area contributed by atoms with Crippen LogP contribution < -0.4 is 5.32 Å². The van der Waals surface area contributed by atoms with E-state index in [4.69, 9.17) is 12.2 Å². The molecule has 1 fully saturated rings. The van der Waals surface area contributed by atoms with Crippen LogP contribution >= 0.6 is 12.2 Å². The van der Waals surface area contributed by atoms with Gasteiger partial charge < -0.3 is 5.32 Å². The Morgan fingerprint density at radius 1 is 1.12 bits per heavy atom. The summed E-state index contributed by atoms with van der Waals surface area (Å²) in [6.45, 7) is 2.39. The van der Waals surface area contributed by atoms with Gasteiger partial charge in [0.25, 0.3) is 0 Å². The van der Waals surface area contributed by atoms with E-state index < -0.39 is 0 Å². The number of piperidine rings is 1. The zero-order valence-electron chi connectivity index (χ0n) is 14.4. The van der Waals surface area contributed by atoms with Gasteiger partial charge in [0.2, 0.25) is 10.7 Å². The maximum Gasteiger partial charge on any atom is 0.227 e. The van der Waals surface area contributed by atoms with Crippen molar-refractivity contribution in [3.05, 3.63) is 59.5 Å². The van der Waals surface area contributed by atoms with Crippen molar-refractivity contribution in [1.29, 1.82) is 0 Å². The van der Waals surface area contributed by atoms with Crippen LogP contribution in [0.25, 0.3) is 5.65 Å². The van der Waals surface area contributed by atoms with Gasteiger partial charge in [-0.15, -0.1) is 0 Å². The predicted molar refractivity (Wildman–Crippen MR) is 103 cm³/mol. The highest BCUT2D eigenvalue weighted by Gasteiger charge is 2.25. The number of likely N-dealkylation sites (tertiary alicyclic amines) is 1. The van der Waals surface area contributed by atoms with Crippen LogP contribution in [0.4, 0.5) is 5.69 Å². The van der Waals surface area contributed by atoms with Gasteiger partial charge in [-0.1, -0.05) is 24.3 Å². The zero-order chi connectivity index (χ0) is 17.9. The lowest BCUT2D eigenvalue weighted by Gasteiger charge is -2.30. The van der Waals surface area contributed by atoms with Crippen molar-refractivity contribution in [3.63, 3.8) is 0 Å². The number of carbonyl (C=O) groups is 1. The van der Waals surface area contributed by atoms with E-state index in [0.29, 0.717) is 11.4 Å². The number of nitrogens with zero attached hydrogens (tertiary/aromatic N) is 4. The summed E-state index contributed by atoms with van der Waals surface area (Å²) >= 11 is 5.51. The van der Waals surface area contributed by atoms with Gasteiger partial charge in [-0.05, 0) is 49.3 Å². The van der Waals surface area contributed by atoms with Gasteiger partial charge in [0.1, 0.15) is 0 Å². The third-order valence-electron chi connectivity index (χ3n) is 4.82. The second-order valence-electron chi connectivity index (χ2n) is 6.60. The highest BCUT2D eigenvalue weighted by atomic mass is 32.1. The van der Waals surface area contributed by atoms with Crippen molar-refractivity contribution in [3.8, 4) is 0 Å². The Labute approximate surface area is 157 Å². The number of benzene rings is 1. The molecule has 0 spiro atoms. The molecule has 7 heteroatoms. The standard InChI is InChI=1S/C19H21N5OS/c25-18(20-16-6-2-1-3-7-16)15-9-12-22(13-10-15)14-24-19(26)23-11-5-4-8-17(23)21-24/h1-8,11,15H,9-10,12-14H2,(H,20,25). The molecule has 4 rings (SSSR count). The number of carbonyl (C=O) groups excluding carboxylic acids is 1. The van der Waals surface area contributed by atoms with Gasteiger partial charge in [0.15, 0.2) is 5.65 Å². The quantitative estimate of drug-likeness (QED) is 0.720. The number of nitrogens with one attached hydrogen (secondary N) is 1. The molecule has 1 aliphatic heterocycles. The Balaban J connectivity index is 1.35. The first kappa shape index (κ1) is 16.9. The second kappa shape index (κ2) is 7.39. The van der Waals surface area contributed by atoms with Crippen molar-refractivity contribution in [2.75, 3.05) is 18.4 Å². The van der Waals surface area contributed by atoms with Gasteiger partial charge in [0.05, 0.1) is 6.67 Å². The SMILES string of the molecule is O=C(Nc1ccccc1)C1CCN(Cn2nc3ccccn3c2=S)CC1. The van der Waals surface area contributed by atoms with E-state index in [1.54, 1.807) is 0 Å². The van der Waals surface area contributed by atoms with Gasteiger partial charge in [-0.25, -0.2) is 4.68 Å². The Hall–Kier alpha value is -2.51. The minimum absolute atomic E-state index is 0.0560. The average molecular weight is 367 g/mol. The fraction of sp³-hybridized carbons (Fsp3) is 0.316. The molecule has 3 heterocycles. The number of pyridine rings is 1. The zero-order valence-corrected chi connectivity index (χ0v) is 15.2. The number of para-hydroxylation sites is 1. The van der Waals surface area contributed by atoms with E-state index in [0.717, 1.165) is 37.3 Å². The van der Waals surface area contributed by atoms with Crippen LogP contribution in [-0.2, 0) is 11.5 Å². The topological polar surface area (TPSA) is 54.6 Å². The molecular formula is C19H21N5OS. The van der Waals surface area contributed by atoms with Crippen LogP contribution in [0.1, 0.15) is 12.8 Å². The molecule has 3 aromatic rings. The van der Waals surface area contributed by atoms with Gasteiger partial charge >= 0.3 is 0 Å². The predicted octanol–water partition coefficient (Wildman–Crippen LogP) is 3.17. The molecule has 0 unspecified atom stereocenters. The molecule has 0 bridgehead atoms. The van der Waals surface area contributed by atoms with E-state index in [-0.39, 0.29) is 11.8 Å². The van der Waals surface area contributed by atoms with Crippen molar-refractivity contribution in [2.45, 2.75) is 19.5 Å². The summed E-state index contributed by atoms with van der Waals surface area (Å²) in [7, 11) is 0. The molecule has 0 atom stereocenters. The molecule has 1 aliphatic rings. The highest BCUT2D eigenvalue weighted by molar-refractivity contribution is 7.71. The summed E-state index contributed by atoms with van der Waals surface area (Å²) in [4.78, 5) is 14.7. The average Bonchev–Trinajstić information content (AvgIpc) is 2.99. The lowest BCUT2D eigenvalue weighted by Crippen LogP contribution is -2.39. The maximum absolute atomic E-state index is 12.4. The number of rotatable bonds is 4. The van der Waals surface area contributed by atoms with Crippen molar-refractivity contribution in [1.82, 2.24) is 19.1 Å². The number of amides is 1. The summed E-state index contributed by atoms with van der Waals surface area (Å²) in [6.07, 6.45) is 3.63. The molecule has 6 nitrogen and oxygen atoms in total. The number of anilines is 1. The van der Waals surface area contributed by atoms with Gasteiger partial charge in [-0.3, -0.25) is 14.1 Å². The molecule has 0 saturated carbocycles.